The summed E-state index contributed by atoms with van der Waals surface area (Å²) < 4.78 is 68.4. The molecule has 15 rings (SSSR count). The SMILES string of the molecule is [C-]#[N+]c1c(Nc2ccc(N3CCN(C)CC3)cn2)ncnc1Oc1ccc2c(cc(C)n2C)c1F.[C-]#[N+]c1c(Nc2ccc(N3CCN(CC)CC3)cn2)ncnc1Oc1ccc2c(cc(C)n2C)c1F.[C-]#[N+]c1c(Nc2ccc(N3CCNCC3)cn2)ncnc1Oc1ccc2c(cc(C)n2C)c1F. The lowest BCUT2D eigenvalue weighted by Crippen LogP contribution is -2.46. The number of pyridine rings is 3. The number of piperazine rings is 3. The van der Waals surface area contributed by atoms with E-state index in [1.807, 2.05) is 98.2 Å². The van der Waals surface area contributed by atoms with Gasteiger partial charge in [0.2, 0.25) is 17.6 Å². The van der Waals surface area contributed by atoms with Crippen LogP contribution >= 0.6 is 0 Å². The zero-order valence-electron chi connectivity index (χ0n) is 59.1. The maximum absolute atomic E-state index is 15.2. The number of hydrogen-bond donors (Lipinski definition) is 4. The van der Waals surface area contributed by atoms with Crippen LogP contribution in [0.1, 0.15) is 24.0 Å². The van der Waals surface area contributed by atoms with Crippen LogP contribution in [0.15, 0.2) is 129 Å². The van der Waals surface area contributed by atoms with Gasteiger partial charge in [-0.25, -0.2) is 72.6 Å². The zero-order valence-corrected chi connectivity index (χ0v) is 59.1. The summed E-state index contributed by atoms with van der Waals surface area (Å²) in [5.74, 6) is 0.687. The second-order valence-corrected chi connectivity index (χ2v) is 25.3. The molecule has 3 fully saturated rings. The standard InChI is InChI=1S/C26H27FN8O.C25H25FN8O.C24H23FN8O/c1-5-34-10-12-35(13-11-34)18-6-9-22(29-15-18)32-25-24(28-3)26(31-16-30-25)36-21-8-7-20-19(23(21)27)14-17(2)33(20)4;1-16-13-18-19(33(16)4)6-7-20(22(18)26)35-25-23(27-2)24(29-15-30-25)31-21-8-5-17(14-28-21)34-11-9-32(3)10-12-34;1-15-12-17-18(32(15)3)5-6-19(21(17)25)34-24-22(26-2)23(29-14-30-24)31-20-7-4-16(13-28-20)33-10-8-27-9-11-33/h6-9,14-16H,5,10-13H2,1-2,4H3,(H,29,30,31,32);5-8,13-15H,9-12H2,1,3-4H3,(H,28,29,30,31);4-7,12-14,27H,8-11H2,1,3H3,(H,28,29,30,31). The van der Waals surface area contributed by atoms with Gasteiger partial charge >= 0.3 is 0 Å². The molecule has 3 aromatic carbocycles. The van der Waals surface area contributed by atoms with Crippen molar-refractivity contribution in [3.8, 4) is 34.9 Å². The van der Waals surface area contributed by atoms with Gasteiger partial charge in [0.1, 0.15) is 53.9 Å². The summed E-state index contributed by atoms with van der Waals surface area (Å²) in [6.45, 7) is 43.6. The van der Waals surface area contributed by atoms with Crippen molar-refractivity contribution >= 4 is 102 Å². The minimum Gasteiger partial charge on any atom is -0.446 e. The lowest BCUT2D eigenvalue weighted by atomic mass is 10.2. The number of rotatable bonds is 16. The number of halogens is 3. The first kappa shape index (κ1) is 70.7. The Hall–Kier alpha value is -12.7. The number of hydrogen-bond acceptors (Lipinski definition) is 21. The van der Waals surface area contributed by atoms with Crippen LogP contribution in [-0.2, 0) is 21.1 Å². The highest BCUT2D eigenvalue weighted by molar-refractivity contribution is 5.87. The fourth-order valence-electron chi connectivity index (χ4n) is 12.5. The Bertz CT molecular complexity index is 5280. The van der Waals surface area contributed by atoms with E-state index in [9.17, 15) is 0 Å². The molecular formula is C75H75F3N24O3. The molecule has 30 heteroatoms. The summed E-state index contributed by atoms with van der Waals surface area (Å²) >= 11 is 0. The van der Waals surface area contributed by atoms with Crippen LogP contribution in [0.25, 0.3) is 47.2 Å². The average molecular weight is 1420 g/mol. The summed E-state index contributed by atoms with van der Waals surface area (Å²) in [6.07, 6.45) is 9.22. The van der Waals surface area contributed by atoms with E-state index in [1.165, 1.54) is 25.0 Å². The minimum absolute atomic E-state index is 0.00621. The molecule has 0 aliphatic carbocycles. The Kier molecular flexibility index (Phi) is 21.1. The van der Waals surface area contributed by atoms with Crippen LogP contribution in [0, 0.1) is 57.9 Å². The number of anilines is 9. The van der Waals surface area contributed by atoms with Crippen LogP contribution in [0.5, 0.6) is 34.9 Å². The first-order valence-electron chi connectivity index (χ1n) is 34.0. The number of ether oxygens (including phenoxy) is 3. The normalized spacial score (nSPS) is 14.0. The van der Waals surface area contributed by atoms with Gasteiger partial charge in [0.05, 0.1) is 71.9 Å². The molecule has 534 valence electrons. The average Bonchev–Trinajstić information content (AvgIpc) is 1.73. The fraction of sp³-hybridized carbons (Fsp3) is 0.280. The maximum atomic E-state index is 15.2. The smallest absolute Gasteiger partial charge is 0.288 e. The number of nitrogens with zero attached hydrogens (tertiary/aromatic N) is 20. The molecule has 12 heterocycles. The summed E-state index contributed by atoms with van der Waals surface area (Å²) in [6, 6.07) is 26.7. The van der Waals surface area contributed by atoms with E-state index < -0.39 is 17.5 Å². The van der Waals surface area contributed by atoms with Gasteiger partial charge in [-0.1, -0.05) is 6.92 Å². The summed E-state index contributed by atoms with van der Waals surface area (Å²) in [7, 11) is 7.75. The van der Waals surface area contributed by atoms with Crippen molar-refractivity contribution in [3.63, 3.8) is 0 Å². The van der Waals surface area contributed by atoms with Gasteiger partial charge < -0.3 is 73.7 Å². The maximum Gasteiger partial charge on any atom is 0.288 e. The Balaban J connectivity index is 0.000000140. The fourth-order valence-corrected chi connectivity index (χ4v) is 12.5. The van der Waals surface area contributed by atoms with Gasteiger partial charge in [-0.2, -0.15) is 0 Å². The van der Waals surface area contributed by atoms with E-state index in [1.54, 1.807) is 60.9 Å². The Morgan fingerprint density at radius 1 is 0.419 bits per heavy atom. The van der Waals surface area contributed by atoms with Gasteiger partial charge in [-0.3, -0.25) is 0 Å². The zero-order chi connectivity index (χ0) is 73.4. The molecule has 0 saturated carbocycles. The van der Waals surface area contributed by atoms with Crippen LogP contribution in [0.2, 0.25) is 0 Å². The highest BCUT2D eigenvalue weighted by Crippen LogP contribution is 2.42. The van der Waals surface area contributed by atoms with E-state index in [2.05, 4.69) is 119 Å². The van der Waals surface area contributed by atoms with E-state index in [-0.39, 0.29) is 69.4 Å². The van der Waals surface area contributed by atoms with E-state index >= 15 is 13.2 Å². The molecular weight excluding hydrogens is 1340 g/mol. The Morgan fingerprint density at radius 2 is 0.743 bits per heavy atom. The predicted octanol–water partition coefficient (Wildman–Crippen LogP) is 14.0. The number of benzene rings is 3. The Morgan fingerprint density at radius 3 is 1.05 bits per heavy atom. The molecule has 12 aromatic rings. The molecule has 4 N–H and O–H groups in total. The van der Waals surface area contributed by atoms with Crippen molar-refractivity contribution in [1.82, 2.24) is 73.7 Å². The molecule has 3 aliphatic heterocycles. The highest BCUT2D eigenvalue weighted by Gasteiger charge is 2.25. The van der Waals surface area contributed by atoms with E-state index in [4.69, 9.17) is 33.9 Å². The lowest BCUT2D eigenvalue weighted by molar-refractivity contribution is 0.271. The molecule has 0 atom stereocenters. The quantitative estimate of drug-likeness (QED) is 0.0658. The molecule has 0 unspecified atom stereocenters. The van der Waals surface area contributed by atoms with E-state index in [0.717, 1.165) is 136 Å². The third-order valence-corrected chi connectivity index (χ3v) is 18.9. The number of aromatic nitrogens is 12. The lowest BCUT2D eigenvalue weighted by Gasteiger charge is -2.35. The molecule has 0 bridgehead atoms. The molecule has 9 aromatic heterocycles. The van der Waals surface area contributed by atoms with Gasteiger partial charge in [0.25, 0.3) is 17.1 Å². The first-order chi connectivity index (χ1) is 51.0. The van der Waals surface area contributed by atoms with Crippen LogP contribution in [0.4, 0.5) is 82.2 Å². The molecule has 3 aliphatic rings. The number of likely N-dealkylation sites (N-methyl/N-ethyl adjacent to an activating group) is 2. The van der Waals surface area contributed by atoms with Crippen molar-refractivity contribution in [1.29, 1.82) is 0 Å². The second kappa shape index (κ2) is 31.3. The van der Waals surface area contributed by atoms with Gasteiger partial charge in [-0.15, -0.1) is 0 Å². The molecule has 0 amide bonds. The summed E-state index contributed by atoms with van der Waals surface area (Å²) in [4.78, 5) is 60.4. The van der Waals surface area contributed by atoms with Gasteiger partial charge in [-0.05, 0) is 125 Å². The molecule has 0 radical (unpaired) electrons. The van der Waals surface area contributed by atoms with E-state index in [0.29, 0.717) is 33.6 Å². The van der Waals surface area contributed by atoms with Gasteiger partial charge in [0.15, 0.2) is 34.7 Å². The number of aryl methyl sites for hydroxylation is 6. The number of fused-ring (bicyclic) bond motifs is 3. The van der Waals surface area contributed by atoms with Crippen molar-refractivity contribution in [2.24, 2.45) is 21.1 Å². The topological polar surface area (TPSA) is 236 Å². The van der Waals surface area contributed by atoms with Crippen molar-refractivity contribution < 1.29 is 27.4 Å². The van der Waals surface area contributed by atoms with Crippen LogP contribution < -0.4 is 50.2 Å². The molecule has 3 saturated heterocycles. The molecule has 0 spiro atoms. The monoisotopic (exact) mass is 1420 g/mol. The largest absolute Gasteiger partial charge is 0.446 e. The van der Waals surface area contributed by atoms with Crippen LogP contribution in [-0.4, -0.2) is 160 Å². The minimum atomic E-state index is -0.504. The summed E-state index contributed by atoms with van der Waals surface area (Å²) in [5.41, 5.74) is 8.32. The molecule has 105 heavy (non-hydrogen) atoms. The number of nitrogens with one attached hydrogen (secondary N) is 4. The second-order valence-electron chi connectivity index (χ2n) is 25.3. The van der Waals surface area contributed by atoms with Crippen molar-refractivity contribution in [3.05, 3.63) is 197 Å². The molecule has 27 nitrogen and oxygen atoms in total. The van der Waals surface area contributed by atoms with Crippen molar-refractivity contribution in [2.45, 2.75) is 27.7 Å². The van der Waals surface area contributed by atoms with Gasteiger partial charge in [0, 0.05) is 133 Å². The Labute approximate surface area is 604 Å². The first-order valence-corrected chi connectivity index (χ1v) is 34.0. The van der Waals surface area contributed by atoms with Crippen molar-refractivity contribution in [2.75, 3.05) is 123 Å². The van der Waals surface area contributed by atoms with Crippen LogP contribution in [0.3, 0.4) is 0 Å². The summed E-state index contributed by atoms with van der Waals surface area (Å²) in [5, 5.41) is 13.9. The third kappa shape index (κ3) is 15.3. The predicted molar refractivity (Wildman–Crippen MR) is 400 cm³/mol. The highest BCUT2D eigenvalue weighted by atomic mass is 19.1. The third-order valence-electron chi connectivity index (χ3n) is 18.9.